The number of piperidine rings is 1. The van der Waals surface area contributed by atoms with E-state index in [0.29, 0.717) is 24.5 Å². The molecule has 0 saturated carbocycles. The molecule has 1 saturated heterocycles. The molecule has 1 fully saturated rings. The summed E-state index contributed by atoms with van der Waals surface area (Å²) in [5.41, 5.74) is 7.34. The van der Waals surface area contributed by atoms with Crippen LogP contribution >= 0.6 is 11.6 Å². The molecular weight excluding hydrogens is 512 g/mol. The molecule has 0 spiro atoms. The van der Waals surface area contributed by atoms with Crippen LogP contribution in [0.5, 0.6) is 5.75 Å². The van der Waals surface area contributed by atoms with Crippen LogP contribution in [-0.2, 0) is 38.6 Å². The van der Waals surface area contributed by atoms with Crippen molar-refractivity contribution in [2.75, 3.05) is 20.2 Å². The lowest BCUT2D eigenvalue weighted by Gasteiger charge is -2.30. The Balaban J connectivity index is 1.44. The van der Waals surface area contributed by atoms with Gasteiger partial charge in [-0.15, -0.1) is 0 Å². The van der Waals surface area contributed by atoms with Gasteiger partial charge in [0.1, 0.15) is 5.75 Å². The van der Waals surface area contributed by atoms with Crippen molar-refractivity contribution in [3.63, 3.8) is 0 Å². The molecule has 192 valence electrons. The molecule has 2 heterocycles. The van der Waals surface area contributed by atoms with Crippen LogP contribution in [0, 0.1) is 0 Å². The maximum atomic E-state index is 13.0. The Morgan fingerprint density at radius 1 is 1.00 bits per heavy atom. The zero-order valence-electron chi connectivity index (χ0n) is 20.4. The average molecular weight is 539 g/mol. The molecule has 1 amide bonds. The Morgan fingerprint density at radius 3 is 2.54 bits per heavy atom. The number of hydrogen-bond donors (Lipinski definition) is 0. The predicted molar refractivity (Wildman–Crippen MR) is 142 cm³/mol. The molecule has 7 nitrogen and oxygen atoms in total. The van der Waals surface area contributed by atoms with Gasteiger partial charge in [-0.25, -0.2) is 4.18 Å². The second-order valence-electron chi connectivity index (χ2n) is 9.15. The number of hydrogen-bond acceptors (Lipinski definition) is 6. The van der Waals surface area contributed by atoms with Crippen molar-refractivity contribution in [1.29, 1.82) is 0 Å². The third-order valence-corrected chi connectivity index (χ3v) is 7.90. The third kappa shape index (κ3) is 5.71. The van der Waals surface area contributed by atoms with Gasteiger partial charge in [0.05, 0.1) is 19.2 Å². The zero-order chi connectivity index (χ0) is 26.0. The van der Waals surface area contributed by atoms with E-state index in [-0.39, 0.29) is 11.7 Å². The van der Waals surface area contributed by atoms with E-state index >= 15 is 0 Å². The Kier molecular flexibility index (Phi) is 7.33. The first-order valence-electron chi connectivity index (χ1n) is 12.1. The highest BCUT2D eigenvalue weighted by molar-refractivity contribution is 7.82. The van der Waals surface area contributed by atoms with Crippen molar-refractivity contribution >= 4 is 33.5 Å². The van der Waals surface area contributed by atoms with E-state index in [9.17, 15) is 13.2 Å². The van der Waals surface area contributed by atoms with Crippen LogP contribution < -0.4 is 4.18 Å². The molecule has 3 aromatic rings. The molecular formula is C28H27ClN2O5S. The number of pyridine rings is 1. The van der Waals surface area contributed by atoms with Gasteiger partial charge in [0.15, 0.2) is 0 Å². The number of nitrogens with zero attached hydrogens (tertiary/aromatic N) is 2. The standard InChI is InChI=1S/C28H27ClN2O5S/c1-35-37(33,34)36-24-9-10-25-22(18-24)8-7-21-5-3-13-30-28(21)27(25)20-11-14-31(15-12-20)26(32)17-19-4-2-6-23(29)16-19/h2-6,9-10,13,16,18H,7-8,11-12,14-15,17H2,1H3. The first-order chi connectivity index (χ1) is 17.8. The number of amides is 1. The number of carbonyl (C=O) groups is 1. The molecule has 5 rings (SSSR count). The minimum atomic E-state index is -4.10. The number of benzene rings is 2. The molecule has 1 aliphatic carbocycles. The van der Waals surface area contributed by atoms with Gasteiger partial charge in [-0.05, 0) is 78.3 Å². The summed E-state index contributed by atoms with van der Waals surface area (Å²) in [6.45, 7) is 1.26. The Hall–Kier alpha value is -3.20. The van der Waals surface area contributed by atoms with E-state index in [0.717, 1.165) is 66.3 Å². The quantitative estimate of drug-likeness (QED) is 0.465. The first-order valence-corrected chi connectivity index (χ1v) is 13.9. The molecule has 1 aliphatic heterocycles. The van der Waals surface area contributed by atoms with Crippen LogP contribution in [0.3, 0.4) is 0 Å². The lowest BCUT2D eigenvalue weighted by Crippen LogP contribution is -2.37. The van der Waals surface area contributed by atoms with Gasteiger partial charge in [-0.1, -0.05) is 41.4 Å². The minimum absolute atomic E-state index is 0.0900. The fraction of sp³-hybridized carbons (Fsp3) is 0.286. The molecule has 0 atom stereocenters. The first kappa shape index (κ1) is 25.4. The Bertz CT molecular complexity index is 1480. The summed E-state index contributed by atoms with van der Waals surface area (Å²) in [6.07, 6.45) is 5.10. The van der Waals surface area contributed by atoms with Gasteiger partial charge in [0.25, 0.3) is 0 Å². The van der Waals surface area contributed by atoms with Crippen LogP contribution in [-0.4, -0.2) is 44.4 Å². The Morgan fingerprint density at radius 2 is 1.78 bits per heavy atom. The molecule has 1 aromatic heterocycles. The lowest BCUT2D eigenvalue weighted by atomic mass is 9.88. The van der Waals surface area contributed by atoms with Crippen LogP contribution in [0.2, 0.25) is 5.02 Å². The number of aromatic nitrogens is 1. The lowest BCUT2D eigenvalue weighted by molar-refractivity contribution is -0.130. The number of carbonyl (C=O) groups excluding carboxylic acids is 1. The number of likely N-dealkylation sites (tertiary alicyclic amines) is 1. The molecule has 37 heavy (non-hydrogen) atoms. The van der Waals surface area contributed by atoms with E-state index in [1.54, 1.807) is 24.4 Å². The fourth-order valence-electron chi connectivity index (χ4n) is 5.05. The topological polar surface area (TPSA) is 85.8 Å². The highest BCUT2D eigenvalue weighted by Crippen LogP contribution is 2.39. The summed E-state index contributed by atoms with van der Waals surface area (Å²) in [4.78, 5) is 19.6. The van der Waals surface area contributed by atoms with E-state index in [2.05, 4.69) is 10.2 Å². The number of fused-ring (bicyclic) bond motifs is 2. The summed E-state index contributed by atoms with van der Waals surface area (Å²) in [6, 6.07) is 16.8. The van der Waals surface area contributed by atoms with Crippen LogP contribution in [0.25, 0.3) is 5.57 Å². The highest BCUT2D eigenvalue weighted by Gasteiger charge is 2.27. The minimum Gasteiger partial charge on any atom is -0.362 e. The summed E-state index contributed by atoms with van der Waals surface area (Å²) in [7, 11) is -3.04. The van der Waals surface area contributed by atoms with Crippen molar-refractivity contribution in [1.82, 2.24) is 9.88 Å². The summed E-state index contributed by atoms with van der Waals surface area (Å²) in [5, 5.41) is 0.627. The van der Waals surface area contributed by atoms with E-state index in [4.69, 9.17) is 20.8 Å². The van der Waals surface area contributed by atoms with Crippen molar-refractivity contribution in [3.05, 3.63) is 99.3 Å². The predicted octanol–water partition coefficient (Wildman–Crippen LogP) is 4.77. The monoisotopic (exact) mass is 538 g/mol. The fourth-order valence-corrected chi connectivity index (χ4v) is 5.67. The highest BCUT2D eigenvalue weighted by atomic mass is 35.5. The van der Waals surface area contributed by atoms with Gasteiger partial charge in [-0.2, -0.15) is 8.42 Å². The maximum Gasteiger partial charge on any atom is 0.448 e. The largest absolute Gasteiger partial charge is 0.448 e. The molecule has 0 N–H and O–H groups in total. The zero-order valence-corrected chi connectivity index (χ0v) is 22.0. The Labute approximate surface area is 222 Å². The molecule has 0 radical (unpaired) electrons. The molecule has 2 aliphatic rings. The van der Waals surface area contributed by atoms with Gasteiger partial charge >= 0.3 is 10.4 Å². The maximum absolute atomic E-state index is 13.0. The van der Waals surface area contributed by atoms with E-state index < -0.39 is 10.4 Å². The molecule has 0 bridgehead atoms. The van der Waals surface area contributed by atoms with Crippen LogP contribution in [0.15, 0.2) is 66.4 Å². The third-order valence-electron chi connectivity index (χ3n) is 6.86. The molecule has 9 heteroatoms. The summed E-state index contributed by atoms with van der Waals surface area (Å²) >= 11 is 6.08. The number of halogens is 1. The second-order valence-corrected chi connectivity index (χ2v) is 10.9. The number of rotatable bonds is 5. The van der Waals surface area contributed by atoms with Gasteiger partial charge in [-0.3, -0.25) is 9.78 Å². The molecule has 0 unspecified atom stereocenters. The second kappa shape index (κ2) is 10.7. The van der Waals surface area contributed by atoms with Gasteiger partial charge in [0, 0.05) is 29.9 Å². The SMILES string of the molecule is COS(=O)(=O)Oc1ccc2c(c1)CCc1cccnc1C2=C1CCN(C(=O)Cc2cccc(Cl)c2)CC1. The van der Waals surface area contributed by atoms with Gasteiger partial charge in [0.2, 0.25) is 5.91 Å². The van der Waals surface area contributed by atoms with Crippen molar-refractivity contribution in [2.24, 2.45) is 0 Å². The van der Waals surface area contributed by atoms with Crippen molar-refractivity contribution in [2.45, 2.75) is 32.1 Å². The number of aryl methyl sites for hydroxylation is 2. The normalized spacial score (nSPS) is 15.6. The van der Waals surface area contributed by atoms with Gasteiger partial charge < -0.3 is 9.08 Å². The van der Waals surface area contributed by atoms with Crippen LogP contribution in [0.4, 0.5) is 0 Å². The average Bonchev–Trinajstić information content (AvgIpc) is 3.05. The van der Waals surface area contributed by atoms with Crippen molar-refractivity contribution in [3.8, 4) is 5.75 Å². The van der Waals surface area contributed by atoms with E-state index in [1.165, 1.54) is 5.57 Å². The summed E-state index contributed by atoms with van der Waals surface area (Å²) in [5.74, 6) is 0.303. The summed E-state index contributed by atoms with van der Waals surface area (Å²) < 4.78 is 33.1. The van der Waals surface area contributed by atoms with E-state index in [1.807, 2.05) is 35.2 Å². The molecule has 2 aromatic carbocycles. The smallest absolute Gasteiger partial charge is 0.362 e. The van der Waals surface area contributed by atoms with Crippen molar-refractivity contribution < 1.29 is 21.6 Å². The van der Waals surface area contributed by atoms with Crippen LogP contribution in [0.1, 0.15) is 40.8 Å².